The highest BCUT2D eigenvalue weighted by molar-refractivity contribution is 9.10. The largest absolute Gasteiger partial charge is 0.467 e. The molecule has 94 valence electrons. The molecule has 2 N–H and O–H groups in total. The molecule has 0 aliphatic rings. The van der Waals surface area contributed by atoms with Crippen LogP contribution in [0.4, 0.5) is 5.69 Å². The molecule has 0 radical (unpaired) electrons. The Bertz CT molecular complexity index is 554. The molecular weight excluding hydrogens is 312 g/mol. The average molecular weight is 325 g/mol. The summed E-state index contributed by atoms with van der Waals surface area (Å²) in [5, 5.41) is 0. The standard InChI is InChI=1S/C13H13BrN2OS/c1-16(8-10-3-2-6-17-10)9-4-5-11(13(15)18)12(14)7-9/h2-7H,8H2,1H3,(H2,15,18). The van der Waals surface area contributed by atoms with Crippen LogP contribution in [-0.2, 0) is 6.54 Å². The van der Waals surface area contributed by atoms with Crippen molar-refractivity contribution in [3.63, 3.8) is 0 Å². The first kappa shape index (κ1) is 13.1. The van der Waals surface area contributed by atoms with Crippen molar-refractivity contribution in [2.75, 3.05) is 11.9 Å². The van der Waals surface area contributed by atoms with Gasteiger partial charge in [0.25, 0.3) is 0 Å². The van der Waals surface area contributed by atoms with Crippen molar-refractivity contribution in [1.82, 2.24) is 0 Å². The highest BCUT2D eigenvalue weighted by Crippen LogP contribution is 2.24. The first-order chi connectivity index (χ1) is 8.58. The summed E-state index contributed by atoms with van der Waals surface area (Å²) in [6.07, 6.45) is 1.68. The van der Waals surface area contributed by atoms with E-state index < -0.39 is 0 Å². The lowest BCUT2D eigenvalue weighted by molar-refractivity contribution is 0.507. The molecule has 2 rings (SSSR count). The lowest BCUT2D eigenvalue weighted by Crippen LogP contribution is -2.17. The third kappa shape index (κ3) is 2.91. The van der Waals surface area contributed by atoms with Crippen LogP contribution >= 0.6 is 28.1 Å². The zero-order chi connectivity index (χ0) is 13.1. The van der Waals surface area contributed by atoms with Gasteiger partial charge in [-0.3, -0.25) is 0 Å². The van der Waals surface area contributed by atoms with Gasteiger partial charge in [0.05, 0.1) is 12.8 Å². The van der Waals surface area contributed by atoms with Gasteiger partial charge < -0.3 is 15.1 Å². The summed E-state index contributed by atoms with van der Waals surface area (Å²) >= 11 is 8.45. The van der Waals surface area contributed by atoms with Crippen molar-refractivity contribution < 1.29 is 4.42 Å². The molecule has 0 bridgehead atoms. The molecule has 3 nitrogen and oxygen atoms in total. The molecule has 5 heteroatoms. The van der Waals surface area contributed by atoms with Crippen LogP contribution in [-0.4, -0.2) is 12.0 Å². The highest BCUT2D eigenvalue weighted by Gasteiger charge is 2.08. The molecule has 0 unspecified atom stereocenters. The van der Waals surface area contributed by atoms with Crippen LogP contribution < -0.4 is 10.6 Å². The van der Waals surface area contributed by atoms with E-state index in [4.69, 9.17) is 22.4 Å². The van der Waals surface area contributed by atoms with Gasteiger partial charge in [-0.15, -0.1) is 0 Å². The maximum absolute atomic E-state index is 5.62. The molecule has 1 heterocycles. The molecular formula is C13H13BrN2OS. The summed E-state index contributed by atoms with van der Waals surface area (Å²) in [5.41, 5.74) is 7.54. The normalized spacial score (nSPS) is 10.3. The van der Waals surface area contributed by atoms with E-state index in [1.807, 2.05) is 37.4 Å². The van der Waals surface area contributed by atoms with Crippen LogP contribution in [0.15, 0.2) is 45.5 Å². The Kier molecular flexibility index (Phi) is 4.04. The van der Waals surface area contributed by atoms with E-state index in [1.54, 1.807) is 6.26 Å². The summed E-state index contributed by atoms with van der Waals surface area (Å²) in [6.45, 7) is 0.714. The highest BCUT2D eigenvalue weighted by atomic mass is 79.9. The van der Waals surface area contributed by atoms with Crippen molar-refractivity contribution in [2.45, 2.75) is 6.54 Å². The van der Waals surface area contributed by atoms with Crippen molar-refractivity contribution in [2.24, 2.45) is 5.73 Å². The Morgan fingerprint density at radius 1 is 1.44 bits per heavy atom. The van der Waals surface area contributed by atoms with E-state index in [0.29, 0.717) is 11.5 Å². The quantitative estimate of drug-likeness (QED) is 0.876. The molecule has 0 spiro atoms. The number of hydrogen-bond acceptors (Lipinski definition) is 3. The topological polar surface area (TPSA) is 42.4 Å². The summed E-state index contributed by atoms with van der Waals surface area (Å²) < 4.78 is 6.23. The third-order valence-corrected chi connectivity index (χ3v) is 3.51. The molecule has 0 fully saturated rings. The zero-order valence-electron chi connectivity index (χ0n) is 9.89. The number of nitrogens with zero attached hydrogens (tertiary/aromatic N) is 1. The van der Waals surface area contributed by atoms with E-state index in [0.717, 1.165) is 21.5 Å². The molecule has 0 amide bonds. The third-order valence-electron chi connectivity index (χ3n) is 2.63. The fourth-order valence-corrected chi connectivity index (χ4v) is 2.56. The number of halogens is 1. The minimum absolute atomic E-state index is 0.391. The second-order valence-electron chi connectivity index (χ2n) is 3.96. The van der Waals surface area contributed by atoms with Crippen LogP contribution in [0.5, 0.6) is 0 Å². The van der Waals surface area contributed by atoms with E-state index in [-0.39, 0.29) is 0 Å². The van der Waals surface area contributed by atoms with Gasteiger partial charge in [0.2, 0.25) is 0 Å². The molecule has 1 aromatic heterocycles. The Hall–Kier alpha value is -1.33. The van der Waals surface area contributed by atoms with Gasteiger partial charge in [-0.1, -0.05) is 12.2 Å². The van der Waals surface area contributed by atoms with Gasteiger partial charge in [0.1, 0.15) is 10.7 Å². The van der Waals surface area contributed by atoms with E-state index >= 15 is 0 Å². The smallest absolute Gasteiger partial charge is 0.123 e. The predicted molar refractivity (Wildman–Crippen MR) is 80.8 cm³/mol. The molecule has 0 saturated heterocycles. The Balaban J connectivity index is 2.18. The SMILES string of the molecule is CN(Cc1ccco1)c1ccc(C(N)=S)c(Br)c1. The van der Waals surface area contributed by atoms with Gasteiger partial charge >= 0.3 is 0 Å². The van der Waals surface area contributed by atoms with Crippen molar-refractivity contribution >= 4 is 38.8 Å². The van der Waals surface area contributed by atoms with Crippen molar-refractivity contribution in [3.05, 3.63) is 52.4 Å². The molecule has 0 saturated carbocycles. The Morgan fingerprint density at radius 2 is 2.22 bits per heavy atom. The lowest BCUT2D eigenvalue weighted by atomic mass is 10.2. The van der Waals surface area contributed by atoms with Gasteiger partial charge in [-0.2, -0.15) is 0 Å². The second-order valence-corrected chi connectivity index (χ2v) is 5.26. The van der Waals surface area contributed by atoms with Crippen LogP contribution in [0, 0.1) is 0 Å². The van der Waals surface area contributed by atoms with Gasteiger partial charge in [-0.25, -0.2) is 0 Å². The average Bonchev–Trinajstić information content (AvgIpc) is 2.81. The number of rotatable bonds is 4. The molecule has 0 atom stereocenters. The van der Waals surface area contributed by atoms with Gasteiger partial charge in [-0.05, 0) is 46.3 Å². The maximum atomic E-state index is 5.62. The molecule has 18 heavy (non-hydrogen) atoms. The van der Waals surface area contributed by atoms with Crippen molar-refractivity contribution in [3.8, 4) is 0 Å². The van der Waals surface area contributed by atoms with E-state index in [9.17, 15) is 0 Å². The van der Waals surface area contributed by atoms with Crippen LogP contribution in [0.25, 0.3) is 0 Å². The van der Waals surface area contributed by atoms with E-state index in [1.165, 1.54) is 0 Å². The second kappa shape index (κ2) is 5.54. The van der Waals surface area contributed by atoms with Gasteiger partial charge in [0.15, 0.2) is 0 Å². The number of hydrogen-bond donors (Lipinski definition) is 1. The number of furan rings is 1. The lowest BCUT2D eigenvalue weighted by Gasteiger charge is -2.19. The molecule has 2 aromatic rings. The zero-order valence-corrected chi connectivity index (χ0v) is 12.3. The summed E-state index contributed by atoms with van der Waals surface area (Å²) in [6, 6.07) is 9.74. The van der Waals surface area contributed by atoms with Crippen molar-refractivity contribution in [1.29, 1.82) is 0 Å². The minimum Gasteiger partial charge on any atom is -0.467 e. The van der Waals surface area contributed by atoms with E-state index in [2.05, 4.69) is 20.8 Å². The Morgan fingerprint density at radius 3 is 2.78 bits per heavy atom. The monoisotopic (exact) mass is 324 g/mol. The predicted octanol–water partition coefficient (Wildman–Crippen LogP) is 3.31. The first-order valence-electron chi connectivity index (χ1n) is 5.41. The Labute approximate surface area is 120 Å². The number of benzene rings is 1. The summed E-state index contributed by atoms with van der Waals surface area (Å²) in [7, 11) is 2.00. The number of thiocarbonyl (C=S) groups is 1. The summed E-state index contributed by atoms with van der Waals surface area (Å²) in [4.78, 5) is 2.48. The fraction of sp³-hybridized carbons (Fsp3) is 0.154. The molecule has 0 aliphatic carbocycles. The molecule has 0 aliphatic heterocycles. The fourth-order valence-electron chi connectivity index (χ4n) is 1.67. The molecule has 1 aromatic carbocycles. The minimum atomic E-state index is 0.391. The number of nitrogens with two attached hydrogens (primary N) is 1. The number of anilines is 1. The maximum Gasteiger partial charge on any atom is 0.123 e. The summed E-state index contributed by atoms with van der Waals surface area (Å²) in [5.74, 6) is 0.923. The first-order valence-corrected chi connectivity index (χ1v) is 6.61. The van der Waals surface area contributed by atoms with Crippen LogP contribution in [0.1, 0.15) is 11.3 Å². The van der Waals surface area contributed by atoms with Gasteiger partial charge in [0, 0.05) is 22.8 Å². The van der Waals surface area contributed by atoms with Crippen LogP contribution in [0.2, 0.25) is 0 Å². The van der Waals surface area contributed by atoms with Crippen LogP contribution in [0.3, 0.4) is 0 Å².